The van der Waals surface area contributed by atoms with Gasteiger partial charge in [0.05, 0.1) is 0 Å². The summed E-state index contributed by atoms with van der Waals surface area (Å²) in [6.45, 7) is 1.17. The molecule has 160 valence electrons. The number of hydrazone groups is 1. The minimum atomic E-state index is -0.161. The van der Waals surface area contributed by atoms with Crippen LogP contribution >= 0.6 is 0 Å². The van der Waals surface area contributed by atoms with Gasteiger partial charge in [-0.3, -0.25) is 14.4 Å². The zero-order valence-corrected chi connectivity index (χ0v) is 17.5. The van der Waals surface area contributed by atoms with Crippen LogP contribution in [0.5, 0.6) is 0 Å². The van der Waals surface area contributed by atoms with Crippen molar-refractivity contribution in [1.82, 2.24) is 10.3 Å². The van der Waals surface area contributed by atoms with Crippen molar-refractivity contribution in [3.63, 3.8) is 0 Å². The fraction of sp³-hybridized carbons (Fsp3) is 0.360. The standard InChI is InChI=1S/C25H27N3O3/c29-23-14-12-22(26-27-23)13-15-24(30)28-16-4-7-21(17-28)25(31)20-10-8-19(9-11-20)18-5-2-1-3-6-18/h1-3,5-6,8-11,21H,4,7,12-17H2,(H,27,29). The van der Waals surface area contributed by atoms with Gasteiger partial charge in [-0.1, -0.05) is 54.6 Å². The van der Waals surface area contributed by atoms with Gasteiger partial charge in [-0.15, -0.1) is 0 Å². The van der Waals surface area contributed by atoms with Crippen molar-refractivity contribution in [2.45, 2.75) is 38.5 Å². The van der Waals surface area contributed by atoms with Crippen molar-refractivity contribution in [1.29, 1.82) is 0 Å². The number of piperidine rings is 1. The predicted molar refractivity (Wildman–Crippen MR) is 120 cm³/mol. The van der Waals surface area contributed by atoms with E-state index in [0.717, 1.165) is 29.7 Å². The van der Waals surface area contributed by atoms with E-state index in [0.29, 0.717) is 44.3 Å². The molecule has 2 aromatic rings. The molecule has 0 aliphatic carbocycles. The summed E-state index contributed by atoms with van der Waals surface area (Å²) in [4.78, 5) is 38.7. The van der Waals surface area contributed by atoms with Gasteiger partial charge in [-0.05, 0) is 36.8 Å². The molecule has 2 aliphatic rings. The molecule has 6 heteroatoms. The first-order valence-corrected chi connectivity index (χ1v) is 10.9. The topological polar surface area (TPSA) is 78.8 Å². The Balaban J connectivity index is 1.34. The summed E-state index contributed by atoms with van der Waals surface area (Å²) >= 11 is 0. The Morgan fingerprint density at radius 1 is 1.00 bits per heavy atom. The van der Waals surface area contributed by atoms with Gasteiger partial charge in [-0.25, -0.2) is 5.43 Å². The van der Waals surface area contributed by atoms with Crippen LogP contribution in [0.4, 0.5) is 0 Å². The third-order valence-corrected chi connectivity index (χ3v) is 6.03. The molecule has 1 unspecified atom stereocenters. The van der Waals surface area contributed by atoms with E-state index < -0.39 is 0 Å². The second-order valence-electron chi connectivity index (χ2n) is 8.20. The van der Waals surface area contributed by atoms with E-state index in [-0.39, 0.29) is 23.5 Å². The molecular weight excluding hydrogens is 390 g/mol. The van der Waals surface area contributed by atoms with Crippen LogP contribution in [0.1, 0.15) is 48.9 Å². The highest BCUT2D eigenvalue weighted by Gasteiger charge is 2.29. The molecule has 2 heterocycles. The van der Waals surface area contributed by atoms with E-state index in [1.165, 1.54) is 0 Å². The molecule has 2 aliphatic heterocycles. The van der Waals surface area contributed by atoms with Crippen molar-refractivity contribution in [2.75, 3.05) is 13.1 Å². The average molecular weight is 418 g/mol. The van der Waals surface area contributed by atoms with Gasteiger partial charge in [0.2, 0.25) is 11.8 Å². The summed E-state index contributed by atoms with van der Waals surface area (Å²) in [5, 5.41) is 4.03. The van der Waals surface area contributed by atoms with Crippen molar-refractivity contribution >= 4 is 23.3 Å². The van der Waals surface area contributed by atoms with Crippen molar-refractivity contribution in [2.24, 2.45) is 11.0 Å². The quantitative estimate of drug-likeness (QED) is 0.726. The molecule has 0 spiro atoms. The Hall–Kier alpha value is -3.28. The van der Waals surface area contributed by atoms with Crippen LogP contribution in [0, 0.1) is 5.92 Å². The van der Waals surface area contributed by atoms with Crippen LogP contribution in [0.15, 0.2) is 59.7 Å². The minimum absolute atomic E-state index is 0.0523. The highest BCUT2D eigenvalue weighted by molar-refractivity contribution is 5.99. The zero-order valence-electron chi connectivity index (χ0n) is 17.5. The monoisotopic (exact) mass is 417 g/mol. The average Bonchev–Trinajstić information content (AvgIpc) is 2.84. The van der Waals surface area contributed by atoms with Gasteiger partial charge in [0.15, 0.2) is 5.78 Å². The lowest BCUT2D eigenvalue weighted by atomic mass is 9.89. The van der Waals surface area contributed by atoms with Crippen LogP contribution in [-0.2, 0) is 9.59 Å². The number of amides is 2. The van der Waals surface area contributed by atoms with Gasteiger partial charge >= 0.3 is 0 Å². The maximum Gasteiger partial charge on any atom is 0.240 e. The first-order chi connectivity index (χ1) is 15.1. The lowest BCUT2D eigenvalue weighted by Crippen LogP contribution is -2.42. The lowest BCUT2D eigenvalue weighted by molar-refractivity contribution is -0.132. The highest BCUT2D eigenvalue weighted by Crippen LogP contribution is 2.24. The Bertz CT molecular complexity index is 983. The maximum absolute atomic E-state index is 13.1. The Labute approximate surface area is 182 Å². The van der Waals surface area contributed by atoms with E-state index in [1.54, 1.807) is 0 Å². The number of likely N-dealkylation sites (tertiary alicyclic amines) is 1. The second-order valence-corrected chi connectivity index (χ2v) is 8.20. The fourth-order valence-electron chi connectivity index (χ4n) is 4.21. The second kappa shape index (κ2) is 9.69. The third kappa shape index (κ3) is 5.26. The van der Waals surface area contributed by atoms with Crippen molar-refractivity contribution in [3.05, 3.63) is 60.2 Å². The van der Waals surface area contributed by atoms with Gasteiger partial charge in [0.1, 0.15) is 0 Å². The van der Waals surface area contributed by atoms with Gasteiger partial charge in [0, 0.05) is 43.1 Å². The predicted octanol–water partition coefficient (Wildman–Crippen LogP) is 3.82. The summed E-state index contributed by atoms with van der Waals surface area (Å²) in [6.07, 6.45) is 3.59. The lowest BCUT2D eigenvalue weighted by Gasteiger charge is -2.32. The molecule has 0 radical (unpaired) electrons. The number of nitrogens with zero attached hydrogens (tertiary/aromatic N) is 2. The number of hydrogen-bond acceptors (Lipinski definition) is 4. The Morgan fingerprint density at radius 2 is 1.74 bits per heavy atom. The molecule has 2 aromatic carbocycles. The summed E-state index contributed by atoms with van der Waals surface area (Å²) in [5.74, 6) is -0.0798. The van der Waals surface area contributed by atoms with E-state index in [2.05, 4.69) is 10.5 Å². The van der Waals surface area contributed by atoms with E-state index in [4.69, 9.17) is 0 Å². The molecule has 1 saturated heterocycles. The largest absolute Gasteiger partial charge is 0.342 e. The van der Waals surface area contributed by atoms with Crippen LogP contribution < -0.4 is 5.43 Å². The molecule has 4 rings (SSSR count). The van der Waals surface area contributed by atoms with Crippen LogP contribution in [-0.4, -0.2) is 41.3 Å². The minimum Gasteiger partial charge on any atom is -0.342 e. The van der Waals surface area contributed by atoms with Crippen molar-refractivity contribution < 1.29 is 14.4 Å². The summed E-state index contributed by atoms with van der Waals surface area (Å²) in [7, 11) is 0. The molecule has 1 fully saturated rings. The first-order valence-electron chi connectivity index (χ1n) is 10.9. The Kier molecular flexibility index (Phi) is 6.55. The van der Waals surface area contributed by atoms with Crippen molar-refractivity contribution in [3.8, 4) is 11.1 Å². The normalized spacial score (nSPS) is 18.8. The summed E-state index contributed by atoms with van der Waals surface area (Å²) < 4.78 is 0. The number of benzene rings is 2. The third-order valence-electron chi connectivity index (χ3n) is 6.03. The van der Waals surface area contributed by atoms with Crippen LogP contribution in [0.3, 0.4) is 0 Å². The van der Waals surface area contributed by atoms with E-state index in [9.17, 15) is 14.4 Å². The molecule has 31 heavy (non-hydrogen) atoms. The van der Waals surface area contributed by atoms with Crippen LogP contribution in [0.2, 0.25) is 0 Å². The maximum atomic E-state index is 13.1. The molecule has 1 atom stereocenters. The molecule has 1 N–H and O–H groups in total. The van der Waals surface area contributed by atoms with E-state index >= 15 is 0 Å². The number of rotatable bonds is 6. The Morgan fingerprint density at radius 3 is 2.45 bits per heavy atom. The molecule has 0 bridgehead atoms. The number of ketones is 1. The molecule has 0 saturated carbocycles. The first kappa shape index (κ1) is 21.0. The summed E-state index contributed by atoms with van der Waals surface area (Å²) in [6, 6.07) is 17.8. The fourth-order valence-corrected chi connectivity index (χ4v) is 4.21. The van der Waals surface area contributed by atoms with E-state index in [1.807, 2.05) is 59.5 Å². The number of nitrogens with one attached hydrogen (secondary N) is 1. The van der Waals surface area contributed by atoms with Crippen LogP contribution in [0.25, 0.3) is 11.1 Å². The number of hydrogen-bond donors (Lipinski definition) is 1. The number of carbonyl (C=O) groups excluding carboxylic acids is 3. The number of carbonyl (C=O) groups is 3. The van der Waals surface area contributed by atoms with Gasteiger partial charge < -0.3 is 4.90 Å². The SMILES string of the molecule is O=C1CCC(CCC(=O)N2CCCC(C(=O)c3ccc(-c4ccccc4)cc3)C2)=NN1. The molecular formula is C25H27N3O3. The summed E-state index contributed by atoms with van der Waals surface area (Å²) in [5.41, 5.74) is 6.23. The number of Topliss-reactive ketones (excluding diaryl/α,β-unsaturated/α-hetero) is 1. The molecule has 2 amide bonds. The molecule has 0 aromatic heterocycles. The van der Waals surface area contributed by atoms with Gasteiger partial charge in [-0.2, -0.15) is 5.10 Å². The molecule has 6 nitrogen and oxygen atoms in total. The smallest absolute Gasteiger partial charge is 0.240 e. The zero-order chi connectivity index (χ0) is 21.6. The van der Waals surface area contributed by atoms with Gasteiger partial charge in [0.25, 0.3) is 0 Å². The highest BCUT2D eigenvalue weighted by atomic mass is 16.2.